The Morgan fingerprint density at radius 3 is 0.824 bits per heavy atom. The number of carbonyl (C=O) groups is 3. The van der Waals surface area contributed by atoms with Crippen LogP contribution in [0.15, 0.2) is 109 Å². The van der Waals surface area contributed by atoms with Crippen LogP contribution in [0.25, 0.3) is 0 Å². The van der Waals surface area contributed by atoms with Crippen molar-refractivity contribution in [3.63, 3.8) is 0 Å². The molecule has 74 heavy (non-hydrogen) atoms. The molecule has 0 aromatic heterocycles. The summed E-state index contributed by atoms with van der Waals surface area (Å²) >= 11 is 0. The molecule has 0 aromatic rings. The molecule has 0 saturated carbocycles. The Kier molecular flexibility index (Phi) is 58.3. The van der Waals surface area contributed by atoms with E-state index in [4.69, 9.17) is 14.2 Å². The molecule has 0 radical (unpaired) electrons. The van der Waals surface area contributed by atoms with E-state index in [1.807, 2.05) is 0 Å². The predicted molar refractivity (Wildman–Crippen MR) is 320 cm³/mol. The van der Waals surface area contributed by atoms with E-state index in [-0.39, 0.29) is 31.1 Å². The third kappa shape index (κ3) is 59.0. The van der Waals surface area contributed by atoms with E-state index in [1.54, 1.807) is 0 Å². The Hall–Kier alpha value is -3.93. The molecule has 6 nitrogen and oxygen atoms in total. The van der Waals surface area contributed by atoms with E-state index < -0.39 is 6.10 Å². The number of esters is 3. The summed E-state index contributed by atoms with van der Waals surface area (Å²) in [5, 5.41) is 0. The average molecular weight is 1030 g/mol. The molecule has 0 aliphatic heterocycles. The van der Waals surface area contributed by atoms with Gasteiger partial charge in [0.1, 0.15) is 13.2 Å². The Bertz CT molecular complexity index is 1510. The van der Waals surface area contributed by atoms with E-state index in [1.165, 1.54) is 122 Å². The Labute approximate surface area is 457 Å². The van der Waals surface area contributed by atoms with Crippen LogP contribution in [0.3, 0.4) is 0 Å². The smallest absolute Gasteiger partial charge is 0.306 e. The number of unbranched alkanes of at least 4 members (excludes halogenated alkanes) is 26. The number of allylic oxidation sites excluding steroid dienone is 18. The molecule has 1 unspecified atom stereocenters. The van der Waals surface area contributed by atoms with Gasteiger partial charge >= 0.3 is 17.9 Å². The normalized spacial score (nSPS) is 12.9. The summed E-state index contributed by atoms with van der Waals surface area (Å²) in [6.07, 6.45) is 83.8. The molecule has 0 aromatic carbocycles. The largest absolute Gasteiger partial charge is 0.462 e. The lowest BCUT2D eigenvalue weighted by atomic mass is 10.0. The highest BCUT2D eigenvalue weighted by Crippen LogP contribution is 2.16. The van der Waals surface area contributed by atoms with Crippen LogP contribution in [-0.4, -0.2) is 37.2 Å². The molecule has 0 amide bonds. The quantitative estimate of drug-likeness (QED) is 0.0261. The van der Waals surface area contributed by atoms with Gasteiger partial charge in [-0.1, -0.05) is 284 Å². The fourth-order valence-corrected chi connectivity index (χ4v) is 8.44. The minimum atomic E-state index is -0.789. The Balaban J connectivity index is 4.31. The van der Waals surface area contributed by atoms with Gasteiger partial charge in [0, 0.05) is 19.3 Å². The van der Waals surface area contributed by atoms with Crippen molar-refractivity contribution >= 4 is 17.9 Å². The maximum absolute atomic E-state index is 12.8. The van der Waals surface area contributed by atoms with Gasteiger partial charge < -0.3 is 14.2 Å². The number of hydrogen-bond acceptors (Lipinski definition) is 6. The lowest BCUT2D eigenvalue weighted by Crippen LogP contribution is -2.30. The lowest BCUT2D eigenvalue weighted by molar-refractivity contribution is -0.167. The first-order valence-electron chi connectivity index (χ1n) is 30.9. The standard InChI is InChI=1S/C68H114O6/c1-4-7-10-13-16-19-22-24-26-27-28-29-30-31-32-33-34-35-36-37-38-39-40-41-42-44-46-49-52-55-58-61-67(70)73-64-65(63-72-66(69)60-57-54-51-48-45-21-18-15-12-9-6-3)74-68(71)62-59-56-53-50-47-43-25-23-20-17-14-11-8-5-2/h7,10,16,19,24,26,28-29,31-32,34-35,37-38,40-41,44,46,65H,4-6,8-9,11-15,17-18,20-23,25,27,30,33,36,39,42-43,45,47-64H2,1-3H3/b10-7-,19-16-,26-24-,29-28-,32-31-,35-34-,38-37-,41-40-,46-44-. The van der Waals surface area contributed by atoms with Crippen LogP contribution >= 0.6 is 0 Å². The summed E-state index contributed by atoms with van der Waals surface area (Å²) in [4.78, 5) is 38.1. The molecular weight excluding hydrogens is 913 g/mol. The van der Waals surface area contributed by atoms with Crippen molar-refractivity contribution in [2.75, 3.05) is 13.2 Å². The first kappa shape index (κ1) is 70.1. The van der Waals surface area contributed by atoms with Crippen molar-refractivity contribution in [2.45, 2.75) is 290 Å². The Morgan fingerprint density at radius 1 is 0.284 bits per heavy atom. The van der Waals surface area contributed by atoms with Crippen molar-refractivity contribution in [1.29, 1.82) is 0 Å². The second-order valence-electron chi connectivity index (χ2n) is 20.2. The lowest BCUT2D eigenvalue weighted by Gasteiger charge is -2.18. The van der Waals surface area contributed by atoms with E-state index in [9.17, 15) is 14.4 Å². The summed E-state index contributed by atoms with van der Waals surface area (Å²) in [5.41, 5.74) is 0. The molecule has 0 spiro atoms. The number of hydrogen-bond donors (Lipinski definition) is 0. The van der Waals surface area contributed by atoms with Gasteiger partial charge in [-0.15, -0.1) is 0 Å². The first-order chi connectivity index (χ1) is 36.5. The molecule has 422 valence electrons. The number of rotatable bonds is 55. The van der Waals surface area contributed by atoms with Gasteiger partial charge in [0.25, 0.3) is 0 Å². The zero-order chi connectivity index (χ0) is 53.6. The predicted octanol–water partition coefficient (Wildman–Crippen LogP) is 21.0. The van der Waals surface area contributed by atoms with Crippen LogP contribution < -0.4 is 0 Å². The van der Waals surface area contributed by atoms with Gasteiger partial charge in [0.05, 0.1) is 0 Å². The maximum atomic E-state index is 12.8. The van der Waals surface area contributed by atoms with Crippen LogP contribution in [0, 0.1) is 0 Å². The fraction of sp³-hybridized carbons (Fsp3) is 0.691. The summed E-state index contributed by atoms with van der Waals surface area (Å²) in [5.74, 6) is -0.914. The topological polar surface area (TPSA) is 78.9 Å². The second-order valence-corrected chi connectivity index (χ2v) is 20.2. The maximum Gasteiger partial charge on any atom is 0.306 e. The highest BCUT2D eigenvalue weighted by Gasteiger charge is 2.19. The van der Waals surface area contributed by atoms with Gasteiger partial charge in [-0.2, -0.15) is 0 Å². The highest BCUT2D eigenvalue weighted by molar-refractivity contribution is 5.71. The monoisotopic (exact) mass is 1030 g/mol. The average Bonchev–Trinajstić information content (AvgIpc) is 3.40. The molecule has 0 rings (SSSR count). The van der Waals surface area contributed by atoms with Gasteiger partial charge in [-0.3, -0.25) is 14.4 Å². The molecule has 6 heteroatoms. The number of ether oxygens (including phenoxy) is 3. The number of carbonyl (C=O) groups excluding carboxylic acids is 3. The summed E-state index contributed by atoms with van der Waals surface area (Å²) < 4.78 is 16.8. The molecule has 0 saturated heterocycles. The van der Waals surface area contributed by atoms with Crippen molar-refractivity contribution < 1.29 is 28.6 Å². The minimum Gasteiger partial charge on any atom is -0.462 e. The van der Waals surface area contributed by atoms with Crippen LogP contribution in [0.4, 0.5) is 0 Å². The summed E-state index contributed by atoms with van der Waals surface area (Å²) in [7, 11) is 0. The zero-order valence-corrected chi connectivity index (χ0v) is 48.3. The van der Waals surface area contributed by atoms with E-state index >= 15 is 0 Å². The van der Waals surface area contributed by atoms with Crippen molar-refractivity contribution in [1.82, 2.24) is 0 Å². The molecule has 0 aliphatic carbocycles. The molecule has 0 N–H and O–H groups in total. The van der Waals surface area contributed by atoms with E-state index in [2.05, 4.69) is 130 Å². The third-order valence-corrected chi connectivity index (χ3v) is 13.0. The van der Waals surface area contributed by atoms with Gasteiger partial charge in [-0.05, 0) is 89.9 Å². The minimum absolute atomic E-state index is 0.0854. The zero-order valence-electron chi connectivity index (χ0n) is 48.3. The van der Waals surface area contributed by atoms with Gasteiger partial charge in [0.2, 0.25) is 0 Å². The van der Waals surface area contributed by atoms with E-state index in [0.29, 0.717) is 19.3 Å². The molecule has 0 aliphatic rings. The van der Waals surface area contributed by atoms with Gasteiger partial charge in [0.15, 0.2) is 6.10 Å². The molecule has 1 atom stereocenters. The molecular formula is C68H114O6. The first-order valence-corrected chi connectivity index (χ1v) is 30.9. The highest BCUT2D eigenvalue weighted by atomic mass is 16.6. The van der Waals surface area contributed by atoms with Crippen LogP contribution in [-0.2, 0) is 28.6 Å². The second kappa shape index (κ2) is 61.6. The van der Waals surface area contributed by atoms with Crippen LogP contribution in [0.5, 0.6) is 0 Å². The summed E-state index contributed by atoms with van der Waals surface area (Å²) in [6.45, 7) is 6.50. The van der Waals surface area contributed by atoms with Crippen molar-refractivity contribution in [2.24, 2.45) is 0 Å². The summed E-state index contributed by atoms with van der Waals surface area (Å²) in [6, 6.07) is 0. The van der Waals surface area contributed by atoms with E-state index in [0.717, 1.165) is 122 Å². The van der Waals surface area contributed by atoms with Crippen molar-refractivity contribution in [3.8, 4) is 0 Å². The Morgan fingerprint density at radius 2 is 0.527 bits per heavy atom. The van der Waals surface area contributed by atoms with Gasteiger partial charge in [-0.25, -0.2) is 0 Å². The van der Waals surface area contributed by atoms with Crippen LogP contribution in [0.1, 0.15) is 284 Å². The van der Waals surface area contributed by atoms with Crippen molar-refractivity contribution in [3.05, 3.63) is 109 Å². The molecule has 0 heterocycles. The third-order valence-electron chi connectivity index (χ3n) is 13.0. The van der Waals surface area contributed by atoms with Crippen LogP contribution in [0.2, 0.25) is 0 Å². The SMILES string of the molecule is CC/C=C\C/C=C\C/C=C\C/C=C\C/C=C\C/C=C\C/C=C\C/C=C\C/C=C\CCCCCC(=O)OCC(COC(=O)CCCCCCCCCCCCC)OC(=O)CCCCCCCCCCCCCCCC. The molecule has 0 fully saturated rings. The molecule has 0 bridgehead atoms. The fourth-order valence-electron chi connectivity index (χ4n) is 8.44.